The van der Waals surface area contributed by atoms with E-state index in [1.165, 1.54) is 5.56 Å². The molecular weight excluding hydrogens is 424 g/mol. The summed E-state index contributed by atoms with van der Waals surface area (Å²) in [6.45, 7) is 0. The van der Waals surface area contributed by atoms with Gasteiger partial charge in [-0.15, -0.1) is 0 Å². The van der Waals surface area contributed by atoms with E-state index < -0.39 is 29.6 Å². The highest BCUT2D eigenvalue weighted by molar-refractivity contribution is 5.84. The maximum absolute atomic E-state index is 13.8. The molecule has 0 saturated heterocycles. The van der Waals surface area contributed by atoms with Crippen LogP contribution in [0.25, 0.3) is 0 Å². The molecule has 174 valence electrons. The first-order chi connectivity index (χ1) is 16.6. The minimum Gasteiger partial charge on any atom is -0.481 e. The second kappa shape index (κ2) is 9.84. The second-order valence-electron chi connectivity index (χ2n) is 9.54. The largest absolute Gasteiger partial charge is 0.481 e. The van der Waals surface area contributed by atoms with Gasteiger partial charge < -0.3 is 9.84 Å². The predicted molar refractivity (Wildman–Crippen MR) is 131 cm³/mol. The molecule has 4 heteroatoms. The zero-order valence-electron chi connectivity index (χ0n) is 19.1. The average molecular weight is 455 g/mol. The van der Waals surface area contributed by atoms with Crippen molar-refractivity contribution in [2.45, 2.75) is 49.5 Å². The molecule has 0 aliphatic heterocycles. The number of carboxylic acid groups (broad SMARTS) is 1. The second-order valence-corrected chi connectivity index (χ2v) is 9.54. The fourth-order valence-electron chi connectivity index (χ4n) is 6.08. The summed E-state index contributed by atoms with van der Waals surface area (Å²) in [5.74, 6) is -2.97. The molecule has 5 rings (SSSR count). The predicted octanol–water partition coefficient (Wildman–Crippen LogP) is 6.15. The number of ether oxygens (including phenoxy) is 1. The topological polar surface area (TPSA) is 63.6 Å². The Morgan fingerprint density at radius 2 is 1.12 bits per heavy atom. The van der Waals surface area contributed by atoms with Crippen molar-refractivity contribution < 1.29 is 19.4 Å². The molecule has 0 bridgehead atoms. The Labute approximate surface area is 200 Å². The zero-order chi connectivity index (χ0) is 23.5. The Morgan fingerprint density at radius 3 is 1.62 bits per heavy atom. The van der Waals surface area contributed by atoms with Gasteiger partial charge in [0.1, 0.15) is 6.10 Å². The fourth-order valence-corrected chi connectivity index (χ4v) is 6.08. The number of carbonyl (C=O) groups excluding carboxylic acids is 1. The van der Waals surface area contributed by atoms with Gasteiger partial charge in [-0.25, -0.2) is 0 Å². The van der Waals surface area contributed by atoms with Crippen molar-refractivity contribution in [1.82, 2.24) is 0 Å². The van der Waals surface area contributed by atoms with Crippen molar-refractivity contribution in [2.75, 3.05) is 0 Å². The molecule has 2 saturated carbocycles. The molecule has 0 heterocycles. The lowest BCUT2D eigenvalue weighted by Gasteiger charge is -2.49. The van der Waals surface area contributed by atoms with Gasteiger partial charge in [-0.3, -0.25) is 9.59 Å². The van der Waals surface area contributed by atoms with Crippen LogP contribution in [0.15, 0.2) is 91.0 Å². The van der Waals surface area contributed by atoms with Crippen molar-refractivity contribution >= 4 is 11.9 Å². The molecule has 2 aliphatic rings. The number of hydrogen-bond acceptors (Lipinski definition) is 3. The molecule has 3 aromatic carbocycles. The molecule has 0 spiro atoms. The number of esters is 1. The van der Waals surface area contributed by atoms with Crippen molar-refractivity contribution in [3.05, 3.63) is 108 Å². The van der Waals surface area contributed by atoms with Crippen LogP contribution >= 0.6 is 0 Å². The Hall–Kier alpha value is -3.40. The molecule has 0 aromatic heterocycles. The van der Waals surface area contributed by atoms with Gasteiger partial charge in [-0.1, -0.05) is 97.4 Å². The van der Waals surface area contributed by atoms with Crippen molar-refractivity contribution in [2.24, 2.45) is 11.8 Å². The molecule has 2 fully saturated rings. The summed E-state index contributed by atoms with van der Waals surface area (Å²) < 4.78 is 6.26. The molecule has 0 unspecified atom stereocenters. The number of carbonyl (C=O) groups is 2. The van der Waals surface area contributed by atoms with E-state index in [1.807, 2.05) is 78.9 Å². The van der Waals surface area contributed by atoms with Crippen molar-refractivity contribution in [1.29, 1.82) is 0 Å². The van der Waals surface area contributed by atoms with Crippen molar-refractivity contribution in [3.8, 4) is 0 Å². The number of carboxylic acids is 1. The summed E-state index contributed by atoms with van der Waals surface area (Å²) in [6.07, 6.45) is 3.81. The van der Waals surface area contributed by atoms with Gasteiger partial charge in [0.25, 0.3) is 0 Å². The van der Waals surface area contributed by atoms with E-state index in [9.17, 15) is 14.7 Å². The third-order valence-electron chi connectivity index (χ3n) is 7.67. The van der Waals surface area contributed by atoms with Gasteiger partial charge in [0, 0.05) is 17.8 Å². The molecule has 4 atom stereocenters. The summed E-state index contributed by atoms with van der Waals surface area (Å²) >= 11 is 0. The number of hydrogen-bond donors (Lipinski definition) is 1. The molecule has 0 amide bonds. The number of rotatable bonds is 6. The van der Waals surface area contributed by atoms with Crippen molar-refractivity contribution in [3.63, 3.8) is 0 Å². The monoisotopic (exact) mass is 454 g/mol. The molecule has 0 radical (unpaired) electrons. The van der Waals surface area contributed by atoms with Gasteiger partial charge in [0.05, 0.1) is 11.8 Å². The average Bonchev–Trinajstić information content (AvgIpc) is 2.85. The molecular formula is C30H30O4. The van der Waals surface area contributed by atoms with E-state index in [0.29, 0.717) is 0 Å². The van der Waals surface area contributed by atoms with Crippen LogP contribution in [0.2, 0.25) is 0 Å². The van der Waals surface area contributed by atoms with E-state index in [2.05, 4.69) is 12.1 Å². The Balaban J connectivity index is 1.46. The van der Waals surface area contributed by atoms with E-state index in [1.54, 1.807) is 0 Å². The molecule has 34 heavy (non-hydrogen) atoms. The maximum atomic E-state index is 13.8. The lowest BCUT2D eigenvalue weighted by atomic mass is 9.52. The third-order valence-corrected chi connectivity index (χ3v) is 7.67. The van der Waals surface area contributed by atoms with Crippen LogP contribution in [0.5, 0.6) is 0 Å². The summed E-state index contributed by atoms with van der Waals surface area (Å²) in [4.78, 5) is 26.2. The normalized spacial score (nSPS) is 28.5. The van der Waals surface area contributed by atoms with Crippen LogP contribution < -0.4 is 0 Å². The van der Waals surface area contributed by atoms with Gasteiger partial charge >= 0.3 is 11.9 Å². The molecule has 3 aromatic rings. The lowest BCUT2D eigenvalue weighted by molar-refractivity contribution is -0.170. The van der Waals surface area contributed by atoms with Gasteiger partial charge in [-0.2, -0.15) is 0 Å². The Kier molecular flexibility index (Phi) is 6.48. The summed E-state index contributed by atoms with van der Waals surface area (Å²) in [5, 5.41) is 10.2. The van der Waals surface area contributed by atoms with Crippen LogP contribution in [0.3, 0.4) is 0 Å². The van der Waals surface area contributed by atoms with E-state index in [-0.39, 0.29) is 18.0 Å². The van der Waals surface area contributed by atoms with Crippen LogP contribution in [0.4, 0.5) is 0 Å². The lowest BCUT2D eigenvalue weighted by Crippen LogP contribution is -2.52. The Bertz CT molecular complexity index is 1060. The van der Waals surface area contributed by atoms with E-state index in [0.717, 1.165) is 36.8 Å². The molecule has 1 N–H and O–H groups in total. The SMILES string of the molecule is O=C(O)C1[C@@H](c2ccccc2)C(C(=O)O[C@@H]2CCCC[C@H]2c2ccccc2)[C@@H]1c1ccccc1. The first-order valence-electron chi connectivity index (χ1n) is 12.2. The third kappa shape index (κ3) is 4.25. The van der Waals surface area contributed by atoms with Crippen LogP contribution in [0.1, 0.15) is 60.1 Å². The van der Waals surface area contributed by atoms with E-state index in [4.69, 9.17) is 4.74 Å². The van der Waals surface area contributed by atoms with Crippen LogP contribution in [-0.4, -0.2) is 23.1 Å². The number of benzene rings is 3. The van der Waals surface area contributed by atoms with Gasteiger partial charge in [0.2, 0.25) is 0 Å². The van der Waals surface area contributed by atoms with Crippen LogP contribution in [0, 0.1) is 11.8 Å². The minimum absolute atomic E-state index is 0.180. The summed E-state index contributed by atoms with van der Waals surface area (Å²) in [6, 6.07) is 29.4. The van der Waals surface area contributed by atoms with E-state index >= 15 is 0 Å². The highest BCUT2D eigenvalue weighted by Gasteiger charge is 2.59. The first kappa shape index (κ1) is 22.4. The zero-order valence-corrected chi connectivity index (χ0v) is 19.1. The summed E-state index contributed by atoms with van der Waals surface area (Å²) in [7, 11) is 0. The minimum atomic E-state index is -0.869. The molecule has 2 aliphatic carbocycles. The smallest absolute Gasteiger partial charge is 0.310 e. The highest BCUT2D eigenvalue weighted by Crippen LogP contribution is 2.58. The van der Waals surface area contributed by atoms with Gasteiger partial charge in [-0.05, 0) is 36.0 Å². The highest BCUT2D eigenvalue weighted by atomic mass is 16.5. The molecule has 4 nitrogen and oxygen atoms in total. The first-order valence-corrected chi connectivity index (χ1v) is 12.2. The number of aliphatic carboxylic acids is 1. The fraction of sp³-hybridized carbons (Fsp3) is 0.333. The summed E-state index contributed by atoms with van der Waals surface area (Å²) in [5.41, 5.74) is 2.97. The van der Waals surface area contributed by atoms with Gasteiger partial charge in [0.15, 0.2) is 0 Å². The maximum Gasteiger partial charge on any atom is 0.310 e. The van der Waals surface area contributed by atoms with Crippen LogP contribution in [-0.2, 0) is 14.3 Å². The quantitative estimate of drug-likeness (QED) is 0.454. The standard InChI is InChI=1S/C30H30O4/c31-29(32)27-25(21-14-6-2-7-15-21)28(26(27)22-16-8-3-9-17-22)30(33)34-24-19-11-10-18-23(24)20-12-4-1-5-13-20/h1-9,12-17,23-28H,10-11,18-19H2,(H,31,32)/t23-,24+,25+,26+,27?,28?/m0/s1. The Morgan fingerprint density at radius 1 is 0.647 bits per heavy atom.